The van der Waals surface area contributed by atoms with Gasteiger partial charge in [0, 0.05) is 35.2 Å². The van der Waals surface area contributed by atoms with Gasteiger partial charge in [0.1, 0.15) is 11.3 Å². The van der Waals surface area contributed by atoms with E-state index in [0.29, 0.717) is 34.7 Å². The van der Waals surface area contributed by atoms with Crippen LogP contribution in [0.5, 0.6) is 0 Å². The van der Waals surface area contributed by atoms with Crippen LogP contribution in [0.3, 0.4) is 0 Å². The molecule has 0 fully saturated rings. The molecule has 6 aromatic rings. The molecule has 0 saturated heterocycles. The number of anilines is 1. The third-order valence-electron chi connectivity index (χ3n) is 5.81. The van der Waals surface area contributed by atoms with E-state index in [1.807, 2.05) is 24.3 Å². The molecule has 36 heavy (non-hydrogen) atoms. The van der Waals surface area contributed by atoms with Gasteiger partial charge in [-0.3, -0.25) is 14.8 Å². The van der Waals surface area contributed by atoms with Crippen molar-refractivity contribution in [3.63, 3.8) is 0 Å². The Morgan fingerprint density at radius 2 is 1.78 bits per heavy atom. The van der Waals surface area contributed by atoms with Crippen LogP contribution in [-0.2, 0) is 6.54 Å². The molecule has 1 amide bonds. The second kappa shape index (κ2) is 8.95. The van der Waals surface area contributed by atoms with E-state index in [4.69, 9.17) is 4.98 Å². The summed E-state index contributed by atoms with van der Waals surface area (Å²) in [5.41, 5.74) is 4.74. The van der Waals surface area contributed by atoms with Gasteiger partial charge in [0.2, 0.25) is 0 Å². The van der Waals surface area contributed by atoms with Crippen molar-refractivity contribution in [2.75, 3.05) is 5.32 Å². The third kappa shape index (κ3) is 4.14. The average molecular weight is 475 g/mol. The minimum atomic E-state index is -0.641. The van der Waals surface area contributed by atoms with E-state index in [1.165, 1.54) is 12.1 Å². The summed E-state index contributed by atoms with van der Waals surface area (Å²) >= 11 is 0. The van der Waals surface area contributed by atoms with E-state index in [2.05, 4.69) is 31.7 Å². The van der Waals surface area contributed by atoms with Gasteiger partial charge in [0.05, 0.1) is 23.3 Å². The highest BCUT2D eigenvalue weighted by molar-refractivity contribution is 6.04. The van der Waals surface area contributed by atoms with Crippen molar-refractivity contribution in [1.29, 1.82) is 0 Å². The zero-order chi connectivity index (χ0) is 24.5. The van der Waals surface area contributed by atoms with Crippen LogP contribution in [0, 0.1) is 5.82 Å². The number of carbonyl (C=O) groups is 1. The van der Waals surface area contributed by atoms with Gasteiger partial charge in [0.25, 0.3) is 5.91 Å². The molecule has 0 spiro atoms. The zero-order valence-electron chi connectivity index (χ0n) is 18.8. The number of benzene rings is 2. The lowest BCUT2D eigenvalue weighted by Gasteiger charge is -2.08. The lowest BCUT2D eigenvalue weighted by Crippen LogP contribution is -2.13. The molecule has 0 aliphatic carbocycles. The number of halogens is 1. The molecule has 0 saturated carbocycles. The monoisotopic (exact) mass is 475 g/mol. The topological polar surface area (TPSA) is 98.5 Å². The molecule has 174 valence electrons. The number of hydrogen-bond acceptors (Lipinski definition) is 6. The quantitative estimate of drug-likeness (QED) is 0.382. The molecule has 8 nitrogen and oxygen atoms in total. The van der Waals surface area contributed by atoms with Crippen molar-refractivity contribution in [2.24, 2.45) is 0 Å². The average Bonchev–Trinajstić information content (AvgIpc) is 3.31. The van der Waals surface area contributed by atoms with Gasteiger partial charge in [-0.05, 0) is 60.2 Å². The van der Waals surface area contributed by atoms with Gasteiger partial charge in [-0.2, -0.15) is 0 Å². The minimum Gasteiger partial charge on any atom is -0.322 e. The van der Waals surface area contributed by atoms with Crippen LogP contribution >= 0.6 is 0 Å². The maximum atomic E-state index is 14.9. The lowest BCUT2D eigenvalue weighted by atomic mass is 10.1. The molecule has 0 bridgehead atoms. The Hall–Kier alpha value is -5.05. The van der Waals surface area contributed by atoms with Gasteiger partial charge in [-0.15, -0.1) is 5.10 Å². The molecule has 0 radical (unpaired) electrons. The Balaban J connectivity index is 1.28. The number of aromatic nitrogens is 6. The first-order valence-electron chi connectivity index (χ1n) is 11.2. The highest BCUT2D eigenvalue weighted by Gasteiger charge is 2.15. The Labute approximate surface area is 204 Å². The number of hydrogen-bond donors (Lipinski definition) is 1. The summed E-state index contributed by atoms with van der Waals surface area (Å²) in [6.07, 6.45) is 4.86. The molecule has 1 N–H and O–H groups in total. The van der Waals surface area contributed by atoms with Crippen molar-refractivity contribution >= 4 is 33.7 Å². The molecule has 2 aromatic carbocycles. The Morgan fingerprint density at radius 1 is 0.917 bits per heavy atom. The van der Waals surface area contributed by atoms with E-state index >= 15 is 0 Å². The maximum Gasteiger partial charge on any atom is 0.258 e. The summed E-state index contributed by atoms with van der Waals surface area (Å²) in [7, 11) is 0. The highest BCUT2D eigenvalue weighted by atomic mass is 19.1. The molecule has 4 aromatic heterocycles. The fraction of sp³-hybridized carbons (Fsp3) is 0.0370. The smallest absolute Gasteiger partial charge is 0.258 e. The fourth-order valence-electron chi connectivity index (χ4n) is 4.01. The predicted molar refractivity (Wildman–Crippen MR) is 134 cm³/mol. The molecule has 0 atom stereocenters. The van der Waals surface area contributed by atoms with E-state index in [1.54, 1.807) is 53.6 Å². The second-order valence-electron chi connectivity index (χ2n) is 8.20. The van der Waals surface area contributed by atoms with Gasteiger partial charge in [-0.25, -0.2) is 14.1 Å². The second-order valence-corrected chi connectivity index (χ2v) is 8.20. The third-order valence-corrected chi connectivity index (χ3v) is 5.81. The van der Waals surface area contributed by atoms with Crippen molar-refractivity contribution < 1.29 is 9.18 Å². The van der Waals surface area contributed by atoms with E-state index in [9.17, 15) is 9.18 Å². The molecule has 4 heterocycles. The fourth-order valence-corrected chi connectivity index (χ4v) is 4.01. The number of fused-ring (bicyclic) bond motifs is 2. The Bertz CT molecular complexity index is 1730. The summed E-state index contributed by atoms with van der Waals surface area (Å²) in [4.78, 5) is 25.5. The van der Waals surface area contributed by atoms with E-state index < -0.39 is 11.7 Å². The Morgan fingerprint density at radius 3 is 2.64 bits per heavy atom. The standard InChI is InChI=1S/C27H18FN7O/c28-22-15-19(4-5-21(22)27(36)31-20-9-12-29-13-10-20)24-7-8-25-26(32-24)35(34-33-25)16-17-3-6-23-18(14-17)2-1-11-30-23/h1-15H,16H2,(H,29,31,36). The van der Waals surface area contributed by atoms with Gasteiger partial charge < -0.3 is 5.32 Å². The van der Waals surface area contributed by atoms with Crippen LogP contribution in [0.1, 0.15) is 15.9 Å². The molecular formula is C27H18FN7O. The van der Waals surface area contributed by atoms with Gasteiger partial charge in [-0.1, -0.05) is 23.4 Å². The molecule has 0 aliphatic heterocycles. The van der Waals surface area contributed by atoms with Crippen LogP contribution in [0.25, 0.3) is 33.3 Å². The Kier molecular flexibility index (Phi) is 5.34. The van der Waals surface area contributed by atoms with Crippen molar-refractivity contribution in [1.82, 2.24) is 29.9 Å². The minimum absolute atomic E-state index is 0.0610. The number of rotatable bonds is 5. The van der Waals surface area contributed by atoms with Crippen molar-refractivity contribution in [2.45, 2.75) is 6.54 Å². The van der Waals surface area contributed by atoms with Gasteiger partial charge >= 0.3 is 0 Å². The lowest BCUT2D eigenvalue weighted by molar-refractivity contribution is 0.102. The first kappa shape index (κ1) is 21.5. The number of carbonyl (C=O) groups excluding carboxylic acids is 1. The highest BCUT2D eigenvalue weighted by Crippen LogP contribution is 2.24. The summed E-state index contributed by atoms with van der Waals surface area (Å²) in [6, 6.07) is 21.2. The molecular weight excluding hydrogens is 457 g/mol. The summed E-state index contributed by atoms with van der Waals surface area (Å²) in [6.45, 7) is 0.472. The maximum absolute atomic E-state index is 14.9. The van der Waals surface area contributed by atoms with E-state index in [-0.39, 0.29) is 5.56 Å². The van der Waals surface area contributed by atoms with Crippen LogP contribution < -0.4 is 5.32 Å². The molecule has 9 heteroatoms. The summed E-state index contributed by atoms with van der Waals surface area (Å²) in [5, 5.41) is 12.2. The number of nitrogens with one attached hydrogen (secondary N) is 1. The summed E-state index contributed by atoms with van der Waals surface area (Å²) in [5.74, 6) is -1.18. The van der Waals surface area contributed by atoms with Crippen molar-refractivity contribution in [3.05, 3.63) is 108 Å². The zero-order valence-corrected chi connectivity index (χ0v) is 18.8. The number of amides is 1. The number of pyridine rings is 3. The SMILES string of the molecule is O=C(Nc1ccncc1)c1ccc(-c2ccc3nnn(Cc4ccc5ncccc5c4)c3n2)cc1F. The van der Waals surface area contributed by atoms with Crippen LogP contribution in [-0.4, -0.2) is 35.9 Å². The van der Waals surface area contributed by atoms with Crippen LogP contribution in [0.2, 0.25) is 0 Å². The molecule has 0 unspecified atom stereocenters. The van der Waals surface area contributed by atoms with E-state index in [0.717, 1.165) is 16.5 Å². The van der Waals surface area contributed by atoms with Crippen LogP contribution in [0.4, 0.5) is 10.1 Å². The number of nitrogens with zero attached hydrogens (tertiary/aromatic N) is 6. The first-order valence-corrected chi connectivity index (χ1v) is 11.2. The molecule has 6 rings (SSSR count). The largest absolute Gasteiger partial charge is 0.322 e. The van der Waals surface area contributed by atoms with Crippen LogP contribution in [0.15, 0.2) is 91.4 Å². The summed E-state index contributed by atoms with van der Waals surface area (Å²) < 4.78 is 16.6. The van der Waals surface area contributed by atoms with Crippen molar-refractivity contribution in [3.8, 4) is 11.3 Å². The molecule has 0 aliphatic rings. The first-order chi connectivity index (χ1) is 17.6. The van der Waals surface area contributed by atoms with Gasteiger partial charge in [0.15, 0.2) is 5.65 Å². The normalized spacial score (nSPS) is 11.1. The predicted octanol–water partition coefficient (Wildman–Crippen LogP) is 4.88.